The summed E-state index contributed by atoms with van der Waals surface area (Å²) in [6.45, 7) is 1.24. The van der Waals surface area contributed by atoms with Crippen molar-refractivity contribution in [2.75, 3.05) is 39.6 Å². The minimum Gasteiger partial charge on any atom is -0.497 e. The van der Waals surface area contributed by atoms with Crippen molar-refractivity contribution in [1.82, 2.24) is 10.2 Å². The number of piperidine rings is 1. The van der Waals surface area contributed by atoms with Crippen LogP contribution in [0.25, 0.3) is 0 Å². The quantitative estimate of drug-likeness (QED) is 0.561. The summed E-state index contributed by atoms with van der Waals surface area (Å²) in [6.07, 6.45) is 1.46. The lowest BCUT2D eigenvalue weighted by atomic mass is 9.95. The molecule has 0 bridgehead atoms. The van der Waals surface area contributed by atoms with Gasteiger partial charge in [0.15, 0.2) is 9.84 Å². The van der Waals surface area contributed by atoms with Gasteiger partial charge in [-0.15, -0.1) is 0 Å². The summed E-state index contributed by atoms with van der Waals surface area (Å²) >= 11 is 0. The molecule has 1 heterocycles. The molecule has 1 saturated heterocycles. The van der Waals surface area contributed by atoms with Crippen LogP contribution in [0.15, 0.2) is 53.4 Å². The molecule has 2 aromatic rings. The summed E-state index contributed by atoms with van der Waals surface area (Å²) in [5.41, 5.74) is 0.480. The molecule has 1 N–H and O–H groups in total. The van der Waals surface area contributed by atoms with E-state index < -0.39 is 9.84 Å². The standard InChI is InChI=1S/C24H30N2O6S/c1-31-20-15-19(16-21(17-20)32-2)24(28)26-12-9-18(10-13-26)23(27)25-11-6-14-33(29,30)22-7-4-3-5-8-22/h3-5,7-8,15-18H,6,9-14H2,1-2H3,(H,25,27). The molecule has 1 aliphatic heterocycles. The van der Waals surface area contributed by atoms with Crippen molar-refractivity contribution < 1.29 is 27.5 Å². The highest BCUT2D eigenvalue weighted by Crippen LogP contribution is 2.25. The number of likely N-dealkylation sites (tertiary alicyclic amines) is 1. The number of nitrogens with one attached hydrogen (secondary N) is 1. The number of carbonyl (C=O) groups is 2. The molecular weight excluding hydrogens is 444 g/mol. The Morgan fingerprint density at radius 3 is 2.18 bits per heavy atom. The van der Waals surface area contributed by atoms with Crippen LogP contribution in [0, 0.1) is 5.92 Å². The minimum atomic E-state index is -3.35. The van der Waals surface area contributed by atoms with Crippen molar-refractivity contribution in [3.63, 3.8) is 0 Å². The molecule has 0 radical (unpaired) electrons. The monoisotopic (exact) mass is 474 g/mol. The van der Waals surface area contributed by atoms with Crippen LogP contribution in [-0.4, -0.2) is 64.7 Å². The van der Waals surface area contributed by atoms with Gasteiger partial charge in [0.25, 0.3) is 5.91 Å². The molecule has 1 fully saturated rings. The van der Waals surface area contributed by atoms with Gasteiger partial charge in [-0.05, 0) is 43.5 Å². The Bertz CT molecular complexity index is 1040. The Balaban J connectivity index is 1.45. The number of methoxy groups -OCH3 is 2. The molecule has 3 rings (SSSR count). The molecule has 2 aromatic carbocycles. The van der Waals surface area contributed by atoms with Gasteiger partial charge in [-0.3, -0.25) is 9.59 Å². The average Bonchev–Trinajstić information content (AvgIpc) is 2.86. The molecule has 0 aromatic heterocycles. The lowest BCUT2D eigenvalue weighted by Gasteiger charge is -2.31. The predicted octanol–water partition coefficient (Wildman–Crippen LogP) is 2.54. The number of benzene rings is 2. The van der Waals surface area contributed by atoms with E-state index >= 15 is 0 Å². The third-order valence-electron chi connectivity index (χ3n) is 5.74. The maximum absolute atomic E-state index is 12.9. The number of rotatable bonds is 9. The smallest absolute Gasteiger partial charge is 0.254 e. The zero-order chi connectivity index (χ0) is 23.8. The van der Waals surface area contributed by atoms with E-state index in [9.17, 15) is 18.0 Å². The van der Waals surface area contributed by atoms with E-state index in [0.717, 1.165) is 0 Å². The third-order valence-corrected chi connectivity index (χ3v) is 7.56. The van der Waals surface area contributed by atoms with Crippen molar-refractivity contribution >= 4 is 21.7 Å². The highest BCUT2D eigenvalue weighted by atomic mass is 32.2. The fraction of sp³-hybridized carbons (Fsp3) is 0.417. The van der Waals surface area contributed by atoms with E-state index in [2.05, 4.69) is 5.32 Å². The zero-order valence-electron chi connectivity index (χ0n) is 19.0. The first-order valence-electron chi connectivity index (χ1n) is 10.9. The van der Waals surface area contributed by atoms with Crippen LogP contribution in [0.5, 0.6) is 11.5 Å². The first kappa shape index (κ1) is 24.6. The van der Waals surface area contributed by atoms with Gasteiger partial charge in [-0.1, -0.05) is 18.2 Å². The Hall–Kier alpha value is -3.07. The van der Waals surface area contributed by atoms with Crippen molar-refractivity contribution in [3.05, 3.63) is 54.1 Å². The molecular formula is C24H30N2O6S. The van der Waals surface area contributed by atoms with Crippen LogP contribution < -0.4 is 14.8 Å². The number of sulfone groups is 1. The average molecular weight is 475 g/mol. The lowest BCUT2D eigenvalue weighted by molar-refractivity contribution is -0.126. The van der Waals surface area contributed by atoms with Crippen molar-refractivity contribution in [2.24, 2.45) is 5.92 Å². The van der Waals surface area contributed by atoms with Crippen LogP contribution in [0.1, 0.15) is 29.6 Å². The van der Waals surface area contributed by atoms with Gasteiger partial charge in [-0.25, -0.2) is 8.42 Å². The van der Waals surface area contributed by atoms with Crippen molar-refractivity contribution in [2.45, 2.75) is 24.2 Å². The molecule has 0 atom stereocenters. The van der Waals surface area contributed by atoms with Crippen molar-refractivity contribution in [1.29, 1.82) is 0 Å². The van der Waals surface area contributed by atoms with E-state index in [1.165, 1.54) is 14.2 Å². The molecule has 1 aliphatic rings. The number of hydrogen-bond donors (Lipinski definition) is 1. The molecule has 178 valence electrons. The first-order chi connectivity index (χ1) is 15.8. The Morgan fingerprint density at radius 2 is 1.61 bits per heavy atom. The predicted molar refractivity (Wildman–Crippen MR) is 124 cm³/mol. The van der Waals surface area contributed by atoms with Crippen molar-refractivity contribution in [3.8, 4) is 11.5 Å². The Morgan fingerprint density at radius 1 is 1.00 bits per heavy atom. The summed E-state index contributed by atoms with van der Waals surface area (Å²) in [4.78, 5) is 27.4. The second-order valence-corrected chi connectivity index (χ2v) is 10.1. The van der Waals surface area contributed by atoms with Gasteiger partial charge in [0.1, 0.15) is 11.5 Å². The fourth-order valence-corrected chi connectivity index (χ4v) is 5.15. The summed E-state index contributed by atoms with van der Waals surface area (Å²) < 4.78 is 35.1. The maximum Gasteiger partial charge on any atom is 0.254 e. The van der Waals surface area contributed by atoms with E-state index in [0.29, 0.717) is 60.9 Å². The lowest BCUT2D eigenvalue weighted by Crippen LogP contribution is -2.43. The zero-order valence-corrected chi connectivity index (χ0v) is 19.8. The van der Waals surface area contributed by atoms with Gasteiger partial charge in [-0.2, -0.15) is 0 Å². The maximum atomic E-state index is 12.9. The van der Waals surface area contributed by atoms with Gasteiger partial charge in [0.05, 0.1) is 24.9 Å². The Labute approximate surface area is 194 Å². The third kappa shape index (κ3) is 6.47. The van der Waals surface area contributed by atoms with Crippen LogP contribution in [0.4, 0.5) is 0 Å². The number of nitrogens with zero attached hydrogens (tertiary/aromatic N) is 1. The SMILES string of the molecule is COc1cc(OC)cc(C(=O)N2CCC(C(=O)NCCCS(=O)(=O)c3ccccc3)CC2)c1. The van der Waals surface area contributed by atoms with E-state index in [4.69, 9.17) is 9.47 Å². The highest BCUT2D eigenvalue weighted by Gasteiger charge is 2.28. The van der Waals surface area contributed by atoms with Gasteiger partial charge in [0, 0.05) is 37.2 Å². The van der Waals surface area contributed by atoms with Gasteiger partial charge >= 0.3 is 0 Å². The van der Waals surface area contributed by atoms with Crippen LogP contribution in [0.2, 0.25) is 0 Å². The topological polar surface area (TPSA) is 102 Å². The van der Waals surface area contributed by atoms with E-state index in [1.807, 2.05) is 0 Å². The summed E-state index contributed by atoms with van der Waals surface area (Å²) in [5.74, 6) is 0.648. The normalized spacial score (nSPS) is 14.5. The van der Waals surface area contributed by atoms with Crippen LogP contribution in [-0.2, 0) is 14.6 Å². The fourth-order valence-electron chi connectivity index (χ4n) is 3.82. The molecule has 0 spiro atoms. The number of hydrogen-bond acceptors (Lipinski definition) is 6. The van der Waals surface area contributed by atoms with E-state index in [-0.39, 0.29) is 23.5 Å². The number of carbonyl (C=O) groups excluding carboxylic acids is 2. The van der Waals surface area contributed by atoms with Gasteiger partial charge < -0.3 is 19.7 Å². The second-order valence-electron chi connectivity index (χ2n) is 7.94. The van der Waals surface area contributed by atoms with Gasteiger partial charge in [0.2, 0.25) is 5.91 Å². The van der Waals surface area contributed by atoms with E-state index in [1.54, 1.807) is 53.4 Å². The Kier molecular flexibility index (Phi) is 8.32. The molecule has 0 saturated carbocycles. The largest absolute Gasteiger partial charge is 0.497 e. The molecule has 0 aliphatic carbocycles. The molecule has 0 unspecified atom stereocenters. The number of ether oxygens (including phenoxy) is 2. The summed E-state index contributed by atoms with van der Waals surface area (Å²) in [6, 6.07) is 13.4. The minimum absolute atomic E-state index is 0.0196. The molecule has 33 heavy (non-hydrogen) atoms. The summed E-state index contributed by atoms with van der Waals surface area (Å²) in [5, 5.41) is 2.84. The first-order valence-corrected chi connectivity index (χ1v) is 12.6. The molecule has 9 heteroatoms. The molecule has 2 amide bonds. The van der Waals surface area contributed by atoms with Crippen LogP contribution in [0.3, 0.4) is 0 Å². The second kappa shape index (κ2) is 11.2. The number of amides is 2. The summed E-state index contributed by atoms with van der Waals surface area (Å²) in [7, 11) is -0.286. The van der Waals surface area contributed by atoms with Crippen LogP contribution >= 0.6 is 0 Å². The highest BCUT2D eigenvalue weighted by molar-refractivity contribution is 7.91. The molecule has 8 nitrogen and oxygen atoms in total.